The van der Waals surface area contributed by atoms with E-state index < -0.39 is 0 Å². The van der Waals surface area contributed by atoms with Crippen LogP contribution in [0.5, 0.6) is 0 Å². The molecule has 0 aromatic rings. The van der Waals surface area contributed by atoms with Crippen molar-refractivity contribution in [3.63, 3.8) is 0 Å². The Labute approximate surface area is 1040 Å². The second-order valence-electron chi connectivity index (χ2n) is 4.12. The van der Waals surface area contributed by atoms with Crippen LogP contribution in [-0.4, -0.2) is 8.80 Å². The zero-order chi connectivity index (χ0) is 12.4. The largest absolute Gasteiger partial charge is 0 e. The van der Waals surface area contributed by atoms with Crippen LogP contribution < -0.4 is 0 Å². The van der Waals surface area contributed by atoms with Crippen molar-refractivity contribution in [3.05, 3.63) is 48.1 Å². The first-order valence-electron chi connectivity index (χ1n) is 4.97. The fraction of sp³-hybridized carbons (Fsp3) is 0.286. The summed E-state index contributed by atoms with van der Waals surface area (Å²) in [6, 6.07) is 0. The first kappa shape index (κ1) is 360. The molecule has 0 aliphatic carbocycles. The Morgan fingerprint density at radius 1 is 0.279 bits per heavy atom. The summed E-state index contributed by atoms with van der Waals surface area (Å²) in [5.74, 6) is 0. The van der Waals surface area contributed by atoms with Crippen molar-refractivity contribution in [3.8, 4) is 0 Å². The molecule has 0 unspecified atom stereocenters. The Balaban J connectivity index is -0.00000000114. The molecule has 0 atom stereocenters. The predicted octanol–water partition coefficient (Wildman–Crippen LogP) is 2.82. The second kappa shape index (κ2) is 307. The average Bonchev–Trinajstić information content (AvgIpc) is 2.20. The molecule has 0 spiro atoms. The zero-order valence-corrected chi connectivity index (χ0v) is 166. The summed E-state index contributed by atoms with van der Waals surface area (Å²) in [6.07, 6.45) is 16.3. The molecular weight excluding hydrogens is 8810 g/mol. The van der Waals surface area contributed by atoms with Gasteiger partial charge >= 0.3 is 122 Å². The molecule has 0 aromatic heterocycles. The normalized spacial score (nSPS) is 3.69. The average molecular weight is 8820 g/mol. The summed E-state index contributed by atoms with van der Waals surface area (Å²) in [5.41, 5.74) is 1.28. The Bertz CT molecular complexity index is 375. The van der Waals surface area contributed by atoms with Gasteiger partial charge in [0.15, 0.2) is 0 Å². The number of hydrogen-bond donors (Lipinski definition) is 0. The zero-order valence-electron chi connectivity index (χ0n) is 28.2. The van der Waals surface area contributed by atoms with Gasteiger partial charge in [0, 0.05) is 948 Å². The van der Waals surface area contributed by atoms with Gasteiger partial charge in [0.25, 0.3) is 0 Å². The van der Waals surface area contributed by atoms with Gasteiger partial charge in [0.1, 0.15) is 0 Å². The third-order valence-electron chi connectivity index (χ3n) is 1.73. The van der Waals surface area contributed by atoms with E-state index >= 15 is 0 Å². The molecule has 0 aliphatic rings. The van der Waals surface area contributed by atoms with Crippen molar-refractivity contribution < 1.29 is 987 Å². The van der Waals surface area contributed by atoms with Crippen LogP contribution in [-0.2, 0) is 987 Å². The monoisotopic (exact) mass is 8830 g/mol. The maximum atomic E-state index is 3.21. The van der Waals surface area contributed by atoms with Gasteiger partial charge in [0.2, 0.25) is 0 Å². The third-order valence-corrected chi connectivity index (χ3v) is 2.85. The molecule has 0 fully saturated rings. The van der Waals surface area contributed by atoms with Crippen LogP contribution in [0, 0.1) is 17.6 Å². The summed E-state index contributed by atoms with van der Waals surface area (Å²) in [5, 5.41) is 0. The van der Waals surface area contributed by atoms with E-state index in [1.54, 1.807) is 0 Å². The Morgan fingerprint density at radius 2 is 0.443 bits per heavy atom. The molecule has 0 aliphatic heterocycles. The van der Waals surface area contributed by atoms with Crippen LogP contribution in [0.3, 0.4) is 0 Å². The molecule has 0 aromatic carbocycles. The van der Waals surface area contributed by atoms with E-state index in [4.69, 9.17) is 0 Å². The van der Waals surface area contributed by atoms with Crippen LogP contribution in [0.2, 0.25) is 0 Å². The van der Waals surface area contributed by atoms with Gasteiger partial charge in [0.05, 0.1) is 0 Å². The number of allylic oxidation sites excluding steroid dienone is 8. The van der Waals surface area contributed by atoms with E-state index in [0.29, 0.717) is 0 Å². The molecule has 0 nitrogen and oxygen atoms in total. The standard InChI is InChI=1S/C14H16.47W/c1-6-8-9-10-12-13(11-7-2)14(3,4)5;;;;;;;;;;;;;;;;;;;;;;;;;;;;;;;;;;;;;;;;;;;;;;;/h1-2,6-9,11H,3-5H3;;;;;;;;;;;;;;;;;;;;;;;;;;;;;;;;;;;;;;;;;;;;;;;/q-2;;;;;;;;;;;;;;;;;;;;;;;;;;;;;;;;;;;;;;;;;;;;;;;/b8-6-,11-7-;;;;;;;;;;;;;;;;;;;;;;;;;;;;;;;;;;;;;;;;;;;;;;;. The minimum Gasteiger partial charge on any atom is 0 e. The Hall–Kier alpha value is 31.1. The van der Waals surface area contributed by atoms with Crippen LogP contribution in [0.1, 0.15) is 20.8 Å². The molecule has 0 N–H and O–H groups in total. The first-order chi connectivity index (χ1) is 7.52. The third kappa shape index (κ3) is 313. The molecule has 0 heterocycles. The molecule has 47 heteroatoms. The molecular formula is C14H16W47-2. The van der Waals surface area contributed by atoms with Crippen molar-refractivity contribution in [2.24, 2.45) is 5.41 Å². The topological polar surface area (TPSA) is 0 Å². The predicted molar refractivity (Wildman–Crippen MR) is 64.4 cm³/mol. The van der Waals surface area contributed by atoms with E-state index in [-0.39, 0.29) is 953 Å². The van der Waals surface area contributed by atoms with Gasteiger partial charge in [-0.15, -0.1) is 0 Å². The van der Waals surface area contributed by atoms with Gasteiger partial charge in [-0.3, -0.25) is 0 Å². The van der Waals surface area contributed by atoms with Crippen LogP contribution in [0.4, 0.5) is 0 Å². The molecule has 0 radical (unpaired) electrons. The van der Waals surface area contributed by atoms with E-state index in [9.17, 15) is 0 Å². The maximum Gasteiger partial charge on any atom is 0 e. The minimum atomic E-state index is 0. The molecule has 0 saturated carbocycles. The smallest absolute Gasteiger partial charge is 0 e. The number of rotatable bonds is 5. The second-order valence-corrected chi connectivity index (χ2v) is 6.07. The van der Waals surface area contributed by atoms with Gasteiger partial charge in [-0.2, -0.15) is 0 Å². The Kier molecular flexibility index (Phi) is 1810. The fourth-order valence-electron chi connectivity index (χ4n) is 0.883. The van der Waals surface area contributed by atoms with Crippen molar-refractivity contribution >= 4 is 8.80 Å². The fourth-order valence-corrected chi connectivity index (χ4v) is 1.49. The molecule has 0 amide bonds. The van der Waals surface area contributed by atoms with Crippen LogP contribution >= 0.6 is 0 Å². The van der Waals surface area contributed by atoms with E-state index in [2.05, 4.69) is 53.9 Å². The minimum absolute atomic E-state index is 0. The molecule has 0 bridgehead atoms. The first-order valence-corrected chi connectivity index (χ1v) is 8.35. The number of hydrogen-bond acceptors (Lipinski definition) is 0. The van der Waals surface area contributed by atoms with Gasteiger partial charge in [-0.25, -0.2) is 0 Å². The van der Waals surface area contributed by atoms with Crippen LogP contribution in [0.15, 0.2) is 36.0 Å². The summed E-state index contributed by atoms with van der Waals surface area (Å²) in [7, 11) is 0. The van der Waals surface area contributed by atoms with Crippen molar-refractivity contribution in [1.29, 1.82) is 0 Å². The van der Waals surface area contributed by atoms with Crippen molar-refractivity contribution in [1.82, 2.24) is 0 Å². The molecule has 356 valence electrons. The van der Waals surface area contributed by atoms with Gasteiger partial charge in [-0.05, 0) is 0 Å². The molecule has 0 rings (SSSR count). The van der Waals surface area contributed by atoms with E-state index in [1.807, 2.05) is 18.2 Å². The van der Waals surface area contributed by atoms with Crippen LogP contribution in [0.25, 0.3) is 0 Å². The summed E-state index contributed by atoms with van der Waals surface area (Å²) in [4.78, 5) is 0. The van der Waals surface area contributed by atoms with Crippen molar-refractivity contribution in [2.45, 2.75) is 20.8 Å². The molecule has 61 heavy (non-hydrogen) atoms. The van der Waals surface area contributed by atoms with Crippen molar-refractivity contribution in [2.75, 3.05) is 0 Å². The maximum absolute atomic E-state index is 3.21. The Morgan fingerprint density at radius 3 is 0.574 bits per heavy atom. The molecule has 0 saturated heterocycles. The SMILES string of the molecule is CC(C)(C)C(=[C-][C-]=C/C=C\[CH]=[W])/C=C\[CH]=[W].[W].[W].[W].[W].[W].[W].[W].[W].[W].[W].[W].[W].[W].[W].[W].[W].[W].[W].[W].[W].[W].[W].[W].[W].[W].[W].[W].[W].[W].[W].[W].[W].[W].[W].[W].[W].[W].[W].[W].[W].[W].[W].[W].[W].[W]. The summed E-state index contributed by atoms with van der Waals surface area (Å²) < 4.78 is 4.17. The van der Waals surface area contributed by atoms with E-state index in [0.717, 1.165) is 0 Å². The summed E-state index contributed by atoms with van der Waals surface area (Å²) >= 11 is 2.92. The van der Waals surface area contributed by atoms with E-state index in [1.165, 1.54) is 44.3 Å². The van der Waals surface area contributed by atoms with Gasteiger partial charge in [-0.1, -0.05) is 0 Å². The quantitative estimate of drug-likeness (QED) is 0.294. The van der Waals surface area contributed by atoms with Gasteiger partial charge < -0.3 is 0 Å². The summed E-state index contributed by atoms with van der Waals surface area (Å²) in [6.45, 7) is 6.55.